The average molecular weight is 854 g/mol. The molecule has 1 aliphatic rings. The molecule has 0 spiro atoms. The highest BCUT2D eigenvalue weighted by Gasteiger charge is 2.44. The molecular weight excluding hydrogens is 787 g/mol. The summed E-state index contributed by atoms with van der Waals surface area (Å²) in [6.07, 6.45) is -0.701. The Hall–Kier alpha value is -3.14. The maximum Gasteiger partial charge on any atom is 0.246 e. The number of nitrogens with two attached hydrogens (primary N) is 1. The summed E-state index contributed by atoms with van der Waals surface area (Å²) in [4.78, 5) is 46.9. The largest absolute Gasteiger partial charge is 0.391 e. The topological polar surface area (TPSA) is 211 Å². The number of carbonyl (C=O) groups is 3. The first-order chi connectivity index (χ1) is 28.5. The van der Waals surface area contributed by atoms with Gasteiger partial charge in [0.15, 0.2) is 0 Å². The van der Waals surface area contributed by atoms with Gasteiger partial charge in [-0.05, 0) is 23.5 Å². The summed E-state index contributed by atoms with van der Waals surface area (Å²) < 4.78 is 43.6. The summed E-state index contributed by atoms with van der Waals surface area (Å²) in [7, 11) is 0. The van der Waals surface area contributed by atoms with Crippen LogP contribution < -0.4 is 16.4 Å². The van der Waals surface area contributed by atoms with Gasteiger partial charge in [0, 0.05) is 32.5 Å². The lowest BCUT2D eigenvalue weighted by Crippen LogP contribution is -2.57. The highest BCUT2D eigenvalue weighted by molar-refractivity contribution is 7.13. The van der Waals surface area contributed by atoms with E-state index in [1.165, 1.54) is 4.90 Å². The third-order valence-corrected chi connectivity index (χ3v) is 10.0. The van der Waals surface area contributed by atoms with Crippen molar-refractivity contribution in [3.8, 4) is 10.4 Å². The van der Waals surface area contributed by atoms with E-state index in [1.807, 2.05) is 57.5 Å². The van der Waals surface area contributed by atoms with Gasteiger partial charge in [-0.2, -0.15) is 0 Å². The number of hydrogen-bond acceptors (Lipinski definition) is 15. The van der Waals surface area contributed by atoms with Gasteiger partial charge in [0.2, 0.25) is 17.7 Å². The van der Waals surface area contributed by atoms with Gasteiger partial charge in [-0.15, -0.1) is 11.3 Å². The molecule has 0 saturated carbocycles. The predicted molar refractivity (Wildman–Crippen MR) is 222 cm³/mol. The fraction of sp³-hybridized carbons (Fsp3) is 0.707. The molecule has 1 fully saturated rings. The van der Waals surface area contributed by atoms with E-state index in [4.69, 9.17) is 43.6 Å². The molecular formula is C41H67N5O12S. The quantitative estimate of drug-likeness (QED) is 0.0773. The number of hydrogen-bond donors (Lipinski definition) is 4. The van der Waals surface area contributed by atoms with Gasteiger partial charge in [0.05, 0.1) is 128 Å². The summed E-state index contributed by atoms with van der Waals surface area (Å²) in [5, 5.41) is 16.3. The number of ether oxygens (including phenoxy) is 8. The molecule has 0 unspecified atom stereocenters. The van der Waals surface area contributed by atoms with E-state index in [-0.39, 0.29) is 44.4 Å². The van der Waals surface area contributed by atoms with E-state index >= 15 is 0 Å². The van der Waals surface area contributed by atoms with Crippen molar-refractivity contribution in [1.29, 1.82) is 0 Å². The minimum atomic E-state index is -0.916. The number of rotatable bonds is 32. The zero-order valence-corrected chi connectivity index (χ0v) is 36.1. The summed E-state index contributed by atoms with van der Waals surface area (Å²) in [6.45, 7) is 15.2. The molecule has 1 aromatic heterocycles. The van der Waals surface area contributed by atoms with Crippen LogP contribution in [0.1, 0.15) is 44.9 Å². The summed E-state index contributed by atoms with van der Waals surface area (Å²) in [6, 6.07) is 6.10. The molecule has 2 aromatic rings. The molecule has 334 valence electrons. The van der Waals surface area contributed by atoms with Crippen LogP contribution in [0.2, 0.25) is 0 Å². The Morgan fingerprint density at radius 2 is 1.27 bits per heavy atom. The number of aryl methyl sites for hydroxylation is 1. The lowest BCUT2D eigenvalue weighted by atomic mass is 9.85. The second-order valence-corrected chi connectivity index (χ2v) is 15.7. The van der Waals surface area contributed by atoms with Crippen LogP contribution in [0.4, 0.5) is 0 Å². The number of amides is 3. The lowest BCUT2D eigenvalue weighted by molar-refractivity contribution is -0.144. The van der Waals surface area contributed by atoms with E-state index in [1.54, 1.807) is 11.3 Å². The summed E-state index contributed by atoms with van der Waals surface area (Å²) in [5.74, 6) is -1.13. The standard InChI is InChI=1S/C41H67N5O12S/c1-31-37(59-30-44-31)33-7-5-32(6-8-33)28-43-39(49)35-27-34(47)29-46(35)40(50)38(41(2,3)4)45-36(48)9-11-51-13-15-53-17-19-55-21-23-57-25-26-58-24-22-56-20-18-54-16-14-52-12-10-42/h5-8,30,34-35,38,47H,9-29,42H2,1-4H3,(H,43,49)(H,45,48)/t34-,35+,38-/m1/s1. The van der Waals surface area contributed by atoms with Crippen LogP contribution >= 0.6 is 11.3 Å². The highest BCUT2D eigenvalue weighted by atomic mass is 32.1. The maximum absolute atomic E-state index is 13.9. The van der Waals surface area contributed by atoms with Crippen LogP contribution in [-0.2, 0) is 58.8 Å². The Labute approximate surface area is 352 Å². The SMILES string of the molecule is Cc1ncsc1-c1ccc(CNC(=O)[C@@H]2C[C@@H](O)CN2C(=O)[C@@H](NC(=O)CCOCCOCCOCCOCCOCCOCCOCCOCCN)C(C)(C)C)cc1. The van der Waals surface area contributed by atoms with Gasteiger partial charge in [-0.25, -0.2) is 4.98 Å². The van der Waals surface area contributed by atoms with Crippen LogP contribution in [0.15, 0.2) is 29.8 Å². The molecule has 18 heteroatoms. The second kappa shape index (κ2) is 29.2. The maximum atomic E-state index is 13.9. The molecule has 0 radical (unpaired) electrons. The van der Waals surface area contributed by atoms with E-state index < -0.39 is 29.5 Å². The second-order valence-electron chi connectivity index (χ2n) is 14.9. The fourth-order valence-electron chi connectivity index (χ4n) is 5.90. The van der Waals surface area contributed by atoms with Crippen molar-refractivity contribution < 1.29 is 57.4 Å². The molecule has 3 rings (SSSR count). The number of aromatic nitrogens is 1. The lowest BCUT2D eigenvalue weighted by Gasteiger charge is -2.35. The average Bonchev–Trinajstić information content (AvgIpc) is 3.83. The van der Waals surface area contributed by atoms with Crippen molar-refractivity contribution in [2.75, 3.05) is 119 Å². The Balaban J connectivity index is 1.20. The molecule has 3 amide bonds. The van der Waals surface area contributed by atoms with Crippen LogP contribution in [0, 0.1) is 12.3 Å². The number of aliphatic hydroxyl groups is 1. The van der Waals surface area contributed by atoms with Crippen molar-refractivity contribution in [3.05, 3.63) is 41.0 Å². The van der Waals surface area contributed by atoms with Crippen molar-refractivity contribution in [2.45, 2.75) is 65.3 Å². The van der Waals surface area contributed by atoms with Gasteiger partial charge in [-0.1, -0.05) is 45.0 Å². The van der Waals surface area contributed by atoms with Crippen LogP contribution in [-0.4, -0.2) is 170 Å². The first-order valence-corrected chi connectivity index (χ1v) is 21.3. The summed E-state index contributed by atoms with van der Waals surface area (Å²) in [5.41, 5.74) is 9.42. The monoisotopic (exact) mass is 853 g/mol. The number of aliphatic hydroxyl groups excluding tert-OH is 1. The third-order valence-electron chi connectivity index (χ3n) is 9.05. The van der Waals surface area contributed by atoms with E-state index in [0.29, 0.717) is 106 Å². The van der Waals surface area contributed by atoms with Crippen LogP contribution in [0.5, 0.6) is 0 Å². The molecule has 1 aliphatic heterocycles. The number of β-amino-alcohol motifs (C(OH)–C–C–N with tert-alkyl or cyclic N) is 1. The number of benzene rings is 1. The van der Waals surface area contributed by atoms with E-state index in [2.05, 4.69) is 15.6 Å². The van der Waals surface area contributed by atoms with E-state index in [9.17, 15) is 19.5 Å². The Morgan fingerprint density at radius 1 is 0.797 bits per heavy atom. The van der Waals surface area contributed by atoms with Crippen molar-refractivity contribution in [3.63, 3.8) is 0 Å². The van der Waals surface area contributed by atoms with Crippen LogP contribution in [0.3, 0.4) is 0 Å². The molecule has 5 N–H and O–H groups in total. The fourth-order valence-corrected chi connectivity index (χ4v) is 6.71. The van der Waals surface area contributed by atoms with Gasteiger partial charge in [0.25, 0.3) is 0 Å². The normalized spacial score (nSPS) is 16.1. The number of nitrogens with zero attached hydrogens (tertiary/aromatic N) is 2. The Morgan fingerprint density at radius 3 is 1.71 bits per heavy atom. The van der Waals surface area contributed by atoms with Gasteiger partial charge < -0.3 is 64.3 Å². The van der Waals surface area contributed by atoms with Gasteiger partial charge in [0.1, 0.15) is 12.1 Å². The van der Waals surface area contributed by atoms with Gasteiger partial charge in [-0.3, -0.25) is 14.4 Å². The first kappa shape index (κ1) is 50.2. The molecule has 17 nitrogen and oxygen atoms in total. The number of likely N-dealkylation sites (tertiary alicyclic amines) is 1. The summed E-state index contributed by atoms with van der Waals surface area (Å²) >= 11 is 1.57. The molecule has 2 heterocycles. The molecule has 3 atom stereocenters. The molecule has 1 aromatic carbocycles. The Kier molecular flexibility index (Phi) is 24.8. The zero-order chi connectivity index (χ0) is 42.7. The van der Waals surface area contributed by atoms with Crippen molar-refractivity contribution in [2.24, 2.45) is 11.1 Å². The molecule has 0 bridgehead atoms. The number of thiazole rings is 1. The minimum Gasteiger partial charge on any atom is -0.391 e. The first-order valence-electron chi connectivity index (χ1n) is 20.4. The molecule has 1 saturated heterocycles. The van der Waals surface area contributed by atoms with E-state index in [0.717, 1.165) is 21.7 Å². The minimum absolute atomic E-state index is 0.00278. The molecule has 0 aliphatic carbocycles. The molecule has 59 heavy (non-hydrogen) atoms. The highest BCUT2D eigenvalue weighted by Crippen LogP contribution is 2.28. The number of carbonyl (C=O) groups excluding carboxylic acids is 3. The Bertz CT molecular complexity index is 1460. The van der Waals surface area contributed by atoms with Crippen molar-refractivity contribution >= 4 is 29.1 Å². The zero-order valence-electron chi connectivity index (χ0n) is 35.3. The predicted octanol–water partition coefficient (Wildman–Crippen LogP) is 1.71. The van der Waals surface area contributed by atoms with Crippen molar-refractivity contribution in [1.82, 2.24) is 20.5 Å². The third kappa shape index (κ3) is 20.3. The van der Waals surface area contributed by atoms with Gasteiger partial charge >= 0.3 is 0 Å². The van der Waals surface area contributed by atoms with Crippen LogP contribution in [0.25, 0.3) is 10.4 Å². The number of nitrogens with one attached hydrogen (secondary N) is 2. The smallest absolute Gasteiger partial charge is 0.246 e.